The summed E-state index contributed by atoms with van der Waals surface area (Å²) in [5, 5.41) is 0. The van der Waals surface area contributed by atoms with Crippen LogP contribution < -0.4 is 29.6 Å². The normalized spacial score (nSPS) is 2.00. The molecular formula is N3Na. The van der Waals surface area contributed by atoms with Gasteiger partial charge in [0.25, 0.3) is 0 Å². The Labute approximate surface area is 45.7 Å². The minimum absolute atomic E-state index is 0. The van der Waals surface area contributed by atoms with Gasteiger partial charge in [0.05, 0.1) is 0 Å². The average Bonchev–Trinajstić information content (AvgIpc) is 0.918. The van der Waals surface area contributed by atoms with Crippen molar-refractivity contribution in [2.24, 2.45) is 0 Å². The Bertz CT molecular complexity index is 24.3. The minimum Gasteiger partial charge on any atom is -0.373 e. The van der Waals surface area contributed by atoms with Gasteiger partial charge in [-0.3, -0.25) is 4.91 Å². The molecule has 0 fully saturated rings. The summed E-state index contributed by atoms with van der Waals surface area (Å²) in [4.78, 5) is 1.50. The van der Waals surface area contributed by atoms with Crippen molar-refractivity contribution in [1.82, 2.24) is 0 Å². The summed E-state index contributed by atoms with van der Waals surface area (Å²) < 4.78 is 0. The minimum atomic E-state index is 0. The predicted molar refractivity (Wildman–Crippen MR) is 10.1 cm³/mol. The molecule has 0 heterocycles. The summed E-state index contributed by atoms with van der Waals surface area (Å²) in [5.74, 6) is 0. The number of hydrogen-bond donors (Lipinski definition) is 0. The van der Waals surface area contributed by atoms with Crippen LogP contribution in [0.2, 0.25) is 0 Å². The fourth-order valence-corrected chi connectivity index (χ4v) is 0. The fraction of sp³-hybridized carbons (Fsp3) is 0. The van der Waals surface area contributed by atoms with E-state index in [0.29, 0.717) is 0 Å². The quantitative estimate of drug-likeness (QED) is 0.102. The molecule has 0 radical (unpaired) electrons. The number of rotatable bonds is 0. The van der Waals surface area contributed by atoms with Crippen molar-refractivity contribution in [2.45, 2.75) is 0 Å². The van der Waals surface area contributed by atoms with Crippen LogP contribution in [0.5, 0.6) is 0 Å². The van der Waals surface area contributed by atoms with Gasteiger partial charge in [-0.2, -0.15) is 0 Å². The maximum Gasteiger partial charge on any atom is 1.00 e. The van der Waals surface area contributed by atoms with E-state index >= 15 is 0 Å². The Kier molecular flexibility index (Phi) is 22.8. The number of nitrogens with zero attached hydrogens (tertiary/aromatic N) is 3. The van der Waals surface area contributed by atoms with Gasteiger partial charge in [0, 0.05) is 0 Å². The van der Waals surface area contributed by atoms with E-state index in [-0.39, 0.29) is 29.6 Å². The van der Waals surface area contributed by atoms with Crippen LogP contribution in [0.1, 0.15) is 0 Å². The Morgan fingerprint density at radius 3 is 1.25 bits per heavy atom. The van der Waals surface area contributed by atoms with E-state index < -0.39 is 0 Å². The van der Waals surface area contributed by atoms with E-state index in [1.54, 1.807) is 0 Å². The molecule has 0 aliphatic heterocycles. The van der Waals surface area contributed by atoms with E-state index in [2.05, 4.69) is 0 Å². The molecule has 0 atom stereocenters. The van der Waals surface area contributed by atoms with Gasteiger partial charge in [0.15, 0.2) is 0 Å². The zero-order valence-corrected chi connectivity index (χ0v) is 4.34. The van der Waals surface area contributed by atoms with Crippen molar-refractivity contribution in [3.63, 3.8) is 0 Å². The van der Waals surface area contributed by atoms with Gasteiger partial charge in [-0.1, -0.05) is 0 Å². The van der Waals surface area contributed by atoms with Crippen LogP contribution in [0.4, 0.5) is 0 Å². The van der Waals surface area contributed by atoms with Crippen LogP contribution in [-0.4, -0.2) is 0 Å². The second-order valence-corrected chi connectivity index (χ2v) is 0.0894. The van der Waals surface area contributed by atoms with Crippen molar-refractivity contribution < 1.29 is 29.6 Å². The summed E-state index contributed by atoms with van der Waals surface area (Å²) >= 11 is 0. The third kappa shape index (κ3) is 41.3. The van der Waals surface area contributed by atoms with E-state index in [9.17, 15) is 0 Å². The largest absolute Gasteiger partial charge is 1.00 e. The first kappa shape index (κ1) is 8.85. The van der Waals surface area contributed by atoms with E-state index in [1.807, 2.05) is 0 Å². The molecule has 0 saturated heterocycles. The van der Waals surface area contributed by atoms with Gasteiger partial charge >= 0.3 is 29.6 Å². The molecule has 3 nitrogen and oxygen atoms in total. The first-order chi connectivity index (χ1) is 1.41. The molecule has 0 aliphatic carbocycles. The van der Waals surface area contributed by atoms with E-state index in [4.69, 9.17) is 11.1 Å². The summed E-state index contributed by atoms with van der Waals surface area (Å²) in [6.45, 7) is 0. The van der Waals surface area contributed by atoms with Gasteiger partial charge in [-0.25, -0.2) is 0 Å². The third-order valence-electron chi connectivity index (χ3n) is 0. The van der Waals surface area contributed by atoms with E-state index in [1.165, 1.54) is 4.91 Å². The van der Waals surface area contributed by atoms with Crippen LogP contribution in [0.15, 0.2) is 0 Å². The standard InChI is InChI=1S/N3.Na/c1-3-2;/q-1;+1/i1+1;. The molecule has 0 unspecified atom stereocenters. The molecule has 0 N–H and O–H groups in total. The number of hydrogen-bond acceptors (Lipinski definition) is 0. The molecular weight excluding hydrogens is 66.0 g/mol. The van der Waals surface area contributed by atoms with Gasteiger partial charge in [0.2, 0.25) is 0 Å². The zero-order valence-electron chi connectivity index (χ0n) is 2.34. The molecule has 4 heavy (non-hydrogen) atoms. The van der Waals surface area contributed by atoms with Crippen LogP contribution in [0.3, 0.4) is 0 Å². The first-order valence-electron chi connectivity index (χ1n) is 0.400. The van der Waals surface area contributed by atoms with Crippen molar-refractivity contribution in [2.75, 3.05) is 0 Å². The first-order valence-corrected chi connectivity index (χ1v) is 0.400. The van der Waals surface area contributed by atoms with Crippen LogP contribution in [0, 0.1) is 0 Å². The summed E-state index contributed by atoms with van der Waals surface area (Å²) in [6.07, 6.45) is 0. The Hall–Kier alpha value is 0.310. The molecule has 0 saturated carbocycles. The van der Waals surface area contributed by atoms with E-state index in [0.717, 1.165) is 0 Å². The van der Waals surface area contributed by atoms with Gasteiger partial charge in [0.1, 0.15) is 0 Å². The smallest absolute Gasteiger partial charge is 0.373 e. The zero-order chi connectivity index (χ0) is 2.71. The van der Waals surface area contributed by atoms with Crippen molar-refractivity contribution in [3.05, 3.63) is 16.0 Å². The van der Waals surface area contributed by atoms with Crippen molar-refractivity contribution in [1.29, 1.82) is 0 Å². The Morgan fingerprint density at radius 1 is 1.25 bits per heavy atom. The maximum atomic E-state index is 6.75. The van der Waals surface area contributed by atoms with Crippen molar-refractivity contribution in [3.8, 4) is 0 Å². The van der Waals surface area contributed by atoms with Crippen LogP contribution >= 0.6 is 0 Å². The average molecular weight is 66.0 g/mol. The molecule has 16 valence electrons. The second kappa shape index (κ2) is 10.3. The van der Waals surface area contributed by atoms with Gasteiger partial charge < -0.3 is 11.1 Å². The summed E-state index contributed by atoms with van der Waals surface area (Å²) in [5.41, 5.74) is 13.5. The molecule has 0 aromatic carbocycles. The van der Waals surface area contributed by atoms with Crippen LogP contribution in [-0.2, 0) is 0 Å². The molecule has 0 spiro atoms. The molecule has 0 aromatic rings. The third-order valence-corrected chi connectivity index (χ3v) is 0. The molecule has 4 heteroatoms. The summed E-state index contributed by atoms with van der Waals surface area (Å²) in [6, 6.07) is 0. The second-order valence-electron chi connectivity index (χ2n) is 0.0894. The Morgan fingerprint density at radius 2 is 1.25 bits per heavy atom. The maximum absolute atomic E-state index is 6.75. The monoisotopic (exact) mass is 66.0 g/mol. The van der Waals surface area contributed by atoms with Gasteiger partial charge in [-0.15, -0.1) is 0 Å². The van der Waals surface area contributed by atoms with Crippen LogP contribution in [0.25, 0.3) is 16.0 Å². The summed E-state index contributed by atoms with van der Waals surface area (Å²) in [7, 11) is 0. The molecule has 0 aromatic heterocycles. The molecule has 0 rings (SSSR count). The SMILES string of the molecule is [N-]=[N+]=[15N-].[Na+]. The molecule has 0 bridgehead atoms. The van der Waals surface area contributed by atoms with Gasteiger partial charge in [-0.05, 0) is 0 Å². The van der Waals surface area contributed by atoms with Crippen molar-refractivity contribution >= 4 is 0 Å². The molecule has 0 amide bonds. The fourth-order valence-electron chi connectivity index (χ4n) is 0. The Balaban J connectivity index is 0. The molecule has 0 aliphatic rings. The predicted octanol–water partition coefficient (Wildman–Crippen LogP) is -2.13. The topological polar surface area (TPSA) is 58.7 Å².